The first-order chi connectivity index (χ1) is 9.53. The van der Waals surface area contributed by atoms with Crippen molar-refractivity contribution < 1.29 is 13.2 Å². The first kappa shape index (κ1) is 14.7. The predicted octanol–water partition coefficient (Wildman–Crippen LogP) is 0.423. The van der Waals surface area contributed by atoms with E-state index in [-0.39, 0.29) is 16.6 Å². The topological polar surface area (TPSA) is 102 Å². The lowest BCUT2D eigenvalue weighted by Gasteiger charge is -2.12. The molecule has 1 aromatic rings. The molecule has 0 radical (unpaired) electrons. The zero-order valence-electron chi connectivity index (χ0n) is 11.0. The van der Waals surface area contributed by atoms with Crippen LogP contribution in [0.2, 0.25) is 0 Å². The van der Waals surface area contributed by atoms with Crippen LogP contribution >= 0.6 is 0 Å². The zero-order chi connectivity index (χ0) is 14.6. The van der Waals surface area contributed by atoms with Gasteiger partial charge in [0.2, 0.25) is 5.91 Å². The lowest BCUT2D eigenvalue weighted by Crippen LogP contribution is -2.25. The molecule has 3 N–H and O–H groups in total. The van der Waals surface area contributed by atoms with Crippen molar-refractivity contribution in [2.75, 3.05) is 12.3 Å². The van der Waals surface area contributed by atoms with E-state index in [4.69, 9.17) is 5.73 Å². The number of nitrogens with one attached hydrogen (secondary N) is 1. The number of amides is 1. The Hall–Kier alpha value is -1.73. The van der Waals surface area contributed by atoms with Gasteiger partial charge < -0.3 is 5.73 Å². The number of hydrogen-bond donors (Lipinski definition) is 2. The molecule has 1 aromatic carbocycles. The van der Waals surface area contributed by atoms with Crippen LogP contribution < -0.4 is 11.2 Å². The van der Waals surface area contributed by atoms with E-state index in [1.807, 2.05) is 0 Å². The van der Waals surface area contributed by atoms with Crippen molar-refractivity contribution in [1.82, 2.24) is 5.43 Å². The van der Waals surface area contributed by atoms with Gasteiger partial charge in [0.15, 0.2) is 9.84 Å². The van der Waals surface area contributed by atoms with E-state index in [0.717, 1.165) is 11.3 Å². The van der Waals surface area contributed by atoms with Gasteiger partial charge in [-0.1, -0.05) is 12.1 Å². The molecule has 0 spiro atoms. The maximum atomic E-state index is 12.0. The van der Waals surface area contributed by atoms with Crippen LogP contribution in [-0.2, 0) is 14.6 Å². The number of carbonyl (C=O) groups excluding carboxylic acids is 1. The number of hydrogen-bond acceptors (Lipinski definition) is 5. The minimum Gasteiger partial charge on any atom is -0.330 e. The fourth-order valence-corrected chi connectivity index (χ4v) is 3.26. The normalized spacial score (nSPS) is 15.7. The lowest BCUT2D eigenvalue weighted by atomic mass is 10.0. The molecular formula is C13H17N3O3S. The van der Waals surface area contributed by atoms with Crippen LogP contribution in [-0.4, -0.2) is 32.3 Å². The fraction of sp³-hybridized carbons (Fsp3) is 0.385. The molecule has 0 aromatic heterocycles. The van der Waals surface area contributed by atoms with Gasteiger partial charge in [0.25, 0.3) is 0 Å². The summed E-state index contributed by atoms with van der Waals surface area (Å²) in [5.41, 5.74) is 9.33. The van der Waals surface area contributed by atoms with Gasteiger partial charge in [0.1, 0.15) is 0 Å². The van der Waals surface area contributed by atoms with E-state index in [1.165, 1.54) is 0 Å². The van der Waals surface area contributed by atoms with Crippen LogP contribution in [0.25, 0.3) is 0 Å². The summed E-state index contributed by atoms with van der Waals surface area (Å²) in [6.45, 7) is 0.355. The molecule has 0 atom stereocenters. The minimum absolute atomic E-state index is 0.0554. The van der Waals surface area contributed by atoms with Crippen molar-refractivity contribution in [3.05, 3.63) is 29.8 Å². The van der Waals surface area contributed by atoms with Crippen molar-refractivity contribution in [2.45, 2.75) is 24.2 Å². The van der Waals surface area contributed by atoms with Crippen LogP contribution in [0.4, 0.5) is 0 Å². The summed E-state index contributed by atoms with van der Waals surface area (Å²) in [6.07, 6.45) is 1.41. The van der Waals surface area contributed by atoms with E-state index in [2.05, 4.69) is 10.5 Å². The van der Waals surface area contributed by atoms with Crippen LogP contribution in [0.1, 0.15) is 24.8 Å². The molecule has 0 unspecified atom stereocenters. The van der Waals surface area contributed by atoms with Crippen LogP contribution in [0.3, 0.4) is 0 Å². The molecule has 2 rings (SSSR count). The van der Waals surface area contributed by atoms with Crippen molar-refractivity contribution >= 4 is 21.5 Å². The SMILES string of the molecule is NCCCS(=O)(=O)c1ccc(C2=NNC(=O)CC2)cc1. The second-order valence-corrected chi connectivity index (χ2v) is 6.69. The summed E-state index contributed by atoms with van der Waals surface area (Å²) in [7, 11) is -3.27. The summed E-state index contributed by atoms with van der Waals surface area (Å²) in [5.74, 6) is -0.0467. The van der Waals surface area contributed by atoms with Crippen molar-refractivity contribution in [2.24, 2.45) is 10.8 Å². The summed E-state index contributed by atoms with van der Waals surface area (Å²) in [4.78, 5) is 11.3. The molecule has 0 aliphatic carbocycles. The molecule has 0 bridgehead atoms. The molecule has 1 aliphatic rings. The van der Waals surface area contributed by atoms with Gasteiger partial charge in [-0.05, 0) is 30.7 Å². The highest BCUT2D eigenvalue weighted by Crippen LogP contribution is 2.16. The first-order valence-corrected chi connectivity index (χ1v) is 8.07. The molecule has 6 nitrogen and oxygen atoms in total. The van der Waals surface area contributed by atoms with Gasteiger partial charge >= 0.3 is 0 Å². The van der Waals surface area contributed by atoms with Gasteiger partial charge in [-0.2, -0.15) is 5.10 Å². The minimum atomic E-state index is -3.27. The maximum absolute atomic E-state index is 12.0. The van der Waals surface area contributed by atoms with Gasteiger partial charge in [-0.15, -0.1) is 0 Å². The third-order valence-corrected chi connectivity index (χ3v) is 4.88. The fourth-order valence-electron chi connectivity index (χ4n) is 1.93. The molecule has 0 fully saturated rings. The summed E-state index contributed by atoms with van der Waals surface area (Å²) in [6, 6.07) is 6.57. The number of nitrogens with zero attached hydrogens (tertiary/aromatic N) is 1. The summed E-state index contributed by atoms with van der Waals surface area (Å²) >= 11 is 0. The number of nitrogens with two attached hydrogens (primary N) is 1. The second-order valence-electron chi connectivity index (χ2n) is 4.58. The van der Waals surface area contributed by atoms with E-state index in [1.54, 1.807) is 24.3 Å². The van der Waals surface area contributed by atoms with Gasteiger partial charge in [-0.25, -0.2) is 13.8 Å². The Morgan fingerprint density at radius 2 is 1.90 bits per heavy atom. The first-order valence-electron chi connectivity index (χ1n) is 6.41. The third-order valence-electron chi connectivity index (χ3n) is 3.07. The van der Waals surface area contributed by atoms with Crippen molar-refractivity contribution in [3.8, 4) is 0 Å². The Labute approximate surface area is 118 Å². The van der Waals surface area contributed by atoms with E-state index >= 15 is 0 Å². The molecule has 0 saturated heterocycles. The Morgan fingerprint density at radius 1 is 1.20 bits per heavy atom. The third kappa shape index (κ3) is 3.43. The monoisotopic (exact) mass is 295 g/mol. The average Bonchev–Trinajstić information content (AvgIpc) is 2.46. The number of hydrazone groups is 1. The molecule has 7 heteroatoms. The van der Waals surface area contributed by atoms with Gasteiger partial charge in [0, 0.05) is 12.8 Å². The molecule has 1 heterocycles. The number of sulfone groups is 1. The Kier molecular flexibility index (Phi) is 4.51. The maximum Gasteiger partial charge on any atom is 0.240 e. The van der Waals surface area contributed by atoms with Gasteiger partial charge in [0.05, 0.1) is 16.4 Å². The highest BCUT2D eigenvalue weighted by Gasteiger charge is 2.16. The lowest BCUT2D eigenvalue weighted by molar-refractivity contribution is -0.121. The second kappa shape index (κ2) is 6.15. The van der Waals surface area contributed by atoms with Gasteiger partial charge in [-0.3, -0.25) is 4.79 Å². The molecule has 108 valence electrons. The van der Waals surface area contributed by atoms with Crippen LogP contribution in [0.5, 0.6) is 0 Å². The molecule has 1 amide bonds. The summed E-state index contributed by atoms with van der Waals surface area (Å²) < 4.78 is 24.0. The largest absolute Gasteiger partial charge is 0.330 e. The van der Waals surface area contributed by atoms with E-state index in [9.17, 15) is 13.2 Å². The highest BCUT2D eigenvalue weighted by atomic mass is 32.2. The Balaban J connectivity index is 2.16. The van der Waals surface area contributed by atoms with Crippen LogP contribution in [0.15, 0.2) is 34.3 Å². The smallest absolute Gasteiger partial charge is 0.240 e. The molecular weight excluding hydrogens is 278 g/mol. The molecule has 20 heavy (non-hydrogen) atoms. The predicted molar refractivity (Wildman–Crippen MR) is 76.1 cm³/mol. The Bertz CT molecular complexity index is 621. The van der Waals surface area contributed by atoms with Crippen molar-refractivity contribution in [1.29, 1.82) is 0 Å². The quantitative estimate of drug-likeness (QED) is 0.822. The number of benzene rings is 1. The number of carbonyl (C=O) groups is 1. The number of rotatable bonds is 5. The summed E-state index contributed by atoms with van der Waals surface area (Å²) in [5, 5.41) is 3.97. The van der Waals surface area contributed by atoms with E-state index < -0.39 is 9.84 Å². The molecule has 0 saturated carbocycles. The zero-order valence-corrected chi connectivity index (χ0v) is 11.8. The standard InChI is InChI=1S/C13H17N3O3S/c14-8-1-9-20(18,19)11-4-2-10(3-5-11)12-6-7-13(17)16-15-12/h2-5H,1,6-9,14H2,(H,16,17). The van der Waals surface area contributed by atoms with Crippen molar-refractivity contribution in [3.63, 3.8) is 0 Å². The average molecular weight is 295 g/mol. The molecule has 1 aliphatic heterocycles. The Morgan fingerprint density at radius 3 is 2.45 bits per heavy atom. The van der Waals surface area contributed by atoms with Crippen LogP contribution in [0, 0.1) is 0 Å². The van der Waals surface area contributed by atoms with E-state index in [0.29, 0.717) is 25.8 Å². The highest BCUT2D eigenvalue weighted by molar-refractivity contribution is 7.91.